The molecule has 2 aliphatic rings. The Labute approximate surface area is 165 Å². The predicted molar refractivity (Wildman–Crippen MR) is 110 cm³/mol. The van der Waals surface area contributed by atoms with Crippen molar-refractivity contribution in [2.24, 2.45) is 13.0 Å². The molecule has 1 fully saturated rings. The Balaban J connectivity index is 1.29. The zero-order valence-electron chi connectivity index (χ0n) is 16.0. The maximum atomic E-state index is 12.8. The lowest BCUT2D eigenvalue weighted by molar-refractivity contribution is -0.117. The smallest absolute Gasteiger partial charge is 0.228 e. The first kappa shape index (κ1) is 17.0. The molecule has 1 aliphatic heterocycles. The van der Waals surface area contributed by atoms with E-state index in [1.807, 2.05) is 37.6 Å². The Bertz CT molecular complexity index is 1020. The van der Waals surface area contributed by atoms with Gasteiger partial charge in [0.1, 0.15) is 0 Å². The summed E-state index contributed by atoms with van der Waals surface area (Å²) in [5.41, 5.74) is 5.95. The fourth-order valence-electron chi connectivity index (χ4n) is 4.27. The summed E-state index contributed by atoms with van der Waals surface area (Å²) in [7, 11) is 1.91. The van der Waals surface area contributed by atoms with Gasteiger partial charge in [-0.2, -0.15) is 5.10 Å². The van der Waals surface area contributed by atoms with Crippen molar-refractivity contribution in [3.8, 4) is 0 Å². The number of para-hydroxylation sites is 2. The Morgan fingerprint density at radius 1 is 1.18 bits per heavy atom. The number of hydrogen-bond donors (Lipinski definition) is 1. The molecule has 2 aromatic carbocycles. The number of nitrogens with zero attached hydrogens (tertiary/aromatic N) is 3. The van der Waals surface area contributed by atoms with E-state index < -0.39 is 0 Å². The number of carbonyl (C=O) groups excluding carboxylic acids is 1. The van der Waals surface area contributed by atoms with Gasteiger partial charge in [0.2, 0.25) is 5.91 Å². The van der Waals surface area contributed by atoms with Crippen LogP contribution in [0.3, 0.4) is 0 Å². The van der Waals surface area contributed by atoms with Crippen molar-refractivity contribution in [3.63, 3.8) is 0 Å². The minimum atomic E-state index is 0.0461. The Morgan fingerprint density at radius 2 is 2.00 bits per heavy atom. The molecule has 1 aliphatic carbocycles. The molecule has 5 heteroatoms. The zero-order chi connectivity index (χ0) is 19.1. The monoisotopic (exact) mass is 372 g/mol. The quantitative estimate of drug-likeness (QED) is 0.743. The summed E-state index contributed by atoms with van der Waals surface area (Å²) >= 11 is 0. The Kier molecular flexibility index (Phi) is 4.15. The van der Waals surface area contributed by atoms with E-state index in [0.29, 0.717) is 5.92 Å². The number of anilines is 2. The number of amides is 1. The van der Waals surface area contributed by atoms with Gasteiger partial charge in [0.05, 0.1) is 6.20 Å². The third-order valence-electron chi connectivity index (χ3n) is 5.90. The molecule has 3 aromatic rings. The van der Waals surface area contributed by atoms with Gasteiger partial charge in [-0.15, -0.1) is 0 Å². The number of aryl methyl sites for hydroxylation is 1. The van der Waals surface area contributed by atoms with E-state index >= 15 is 0 Å². The number of hydrogen-bond acceptors (Lipinski definition) is 3. The summed E-state index contributed by atoms with van der Waals surface area (Å²) in [6, 6.07) is 16.7. The van der Waals surface area contributed by atoms with Crippen molar-refractivity contribution >= 4 is 17.3 Å². The van der Waals surface area contributed by atoms with E-state index in [-0.39, 0.29) is 11.8 Å². The van der Waals surface area contributed by atoms with Gasteiger partial charge in [-0.3, -0.25) is 9.48 Å². The van der Waals surface area contributed by atoms with E-state index in [2.05, 4.69) is 45.6 Å². The summed E-state index contributed by atoms with van der Waals surface area (Å²) in [5.74, 6) is 0.458. The first-order chi connectivity index (χ1) is 13.7. The molecular formula is C23H24N4O. The van der Waals surface area contributed by atoms with Crippen molar-refractivity contribution in [2.45, 2.75) is 25.3 Å². The maximum absolute atomic E-state index is 12.8. The second-order valence-corrected chi connectivity index (χ2v) is 7.84. The van der Waals surface area contributed by atoms with Crippen LogP contribution in [0.1, 0.15) is 29.0 Å². The molecule has 2 heterocycles. The maximum Gasteiger partial charge on any atom is 0.228 e. The molecule has 0 bridgehead atoms. The average Bonchev–Trinajstić information content (AvgIpc) is 3.24. The van der Waals surface area contributed by atoms with Gasteiger partial charge in [0, 0.05) is 43.6 Å². The first-order valence-electron chi connectivity index (χ1n) is 9.89. The van der Waals surface area contributed by atoms with Crippen LogP contribution in [-0.2, 0) is 24.8 Å². The topological polar surface area (TPSA) is 50.2 Å². The summed E-state index contributed by atoms with van der Waals surface area (Å²) in [6.45, 7) is 1.83. The SMILES string of the molecule is Cn1cc(C2CC2C(=O)Nc2ccccc2CN2CCc3ccccc32)cn1. The molecule has 0 saturated heterocycles. The van der Waals surface area contributed by atoms with E-state index in [9.17, 15) is 4.79 Å². The molecule has 1 N–H and O–H groups in total. The van der Waals surface area contributed by atoms with Crippen molar-refractivity contribution < 1.29 is 4.79 Å². The highest BCUT2D eigenvalue weighted by Crippen LogP contribution is 2.48. The Hall–Kier alpha value is -3.08. The number of aromatic nitrogens is 2. The van der Waals surface area contributed by atoms with Crippen LogP contribution in [0.2, 0.25) is 0 Å². The molecule has 0 radical (unpaired) electrons. The van der Waals surface area contributed by atoms with Crippen LogP contribution in [0.25, 0.3) is 0 Å². The van der Waals surface area contributed by atoms with E-state index in [0.717, 1.165) is 42.7 Å². The van der Waals surface area contributed by atoms with Gasteiger partial charge in [-0.25, -0.2) is 0 Å². The molecule has 5 nitrogen and oxygen atoms in total. The van der Waals surface area contributed by atoms with Gasteiger partial charge in [-0.05, 0) is 47.6 Å². The summed E-state index contributed by atoms with van der Waals surface area (Å²) in [5, 5.41) is 7.41. The lowest BCUT2D eigenvalue weighted by atomic mass is 10.1. The third-order valence-corrected chi connectivity index (χ3v) is 5.90. The van der Waals surface area contributed by atoms with Crippen LogP contribution < -0.4 is 10.2 Å². The lowest BCUT2D eigenvalue weighted by Crippen LogP contribution is -2.22. The second-order valence-electron chi connectivity index (χ2n) is 7.84. The second kappa shape index (κ2) is 6.82. The number of fused-ring (bicyclic) bond motifs is 1. The molecule has 1 amide bonds. The number of carbonyl (C=O) groups is 1. The van der Waals surface area contributed by atoms with Crippen LogP contribution in [0.4, 0.5) is 11.4 Å². The van der Waals surface area contributed by atoms with Crippen LogP contribution >= 0.6 is 0 Å². The lowest BCUT2D eigenvalue weighted by Gasteiger charge is -2.21. The predicted octanol–water partition coefficient (Wildman–Crippen LogP) is 3.73. The van der Waals surface area contributed by atoms with Crippen molar-refractivity contribution in [3.05, 3.63) is 77.6 Å². The molecule has 2 unspecified atom stereocenters. The summed E-state index contributed by atoms with van der Waals surface area (Å²) in [4.78, 5) is 15.2. The van der Waals surface area contributed by atoms with Gasteiger partial charge in [0.25, 0.3) is 0 Å². The molecular weight excluding hydrogens is 348 g/mol. The van der Waals surface area contributed by atoms with Gasteiger partial charge < -0.3 is 10.2 Å². The molecule has 1 aromatic heterocycles. The number of nitrogens with one attached hydrogen (secondary N) is 1. The number of rotatable bonds is 5. The fourth-order valence-corrected chi connectivity index (χ4v) is 4.27. The van der Waals surface area contributed by atoms with Crippen molar-refractivity contribution in [2.75, 3.05) is 16.8 Å². The minimum Gasteiger partial charge on any atom is -0.367 e. The standard InChI is InChI=1S/C23H24N4O/c1-26-14-18(13-24-26)19-12-20(19)23(28)25-21-8-4-2-7-17(21)15-27-11-10-16-6-3-5-9-22(16)27/h2-9,13-14,19-20H,10-12,15H2,1H3,(H,25,28). The summed E-state index contributed by atoms with van der Waals surface area (Å²) in [6.07, 6.45) is 5.87. The van der Waals surface area contributed by atoms with Gasteiger partial charge in [0.15, 0.2) is 0 Å². The van der Waals surface area contributed by atoms with Crippen molar-refractivity contribution in [1.82, 2.24) is 9.78 Å². The van der Waals surface area contributed by atoms with Crippen LogP contribution in [0, 0.1) is 5.92 Å². The highest BCUT2D eigenvalue weighted by molar-refractivity contribution is 5.95. The zero-order valence-corrected chi connectivity index (χ0v) is 16.0. The van der Waals surface area contributed by atoms with Crippen molar-refractivity contribution in [1.29, 1.82) is 0 Å². The van der Waals surface area contributed by atoms with Crippen LogP contribution in [-0.4, -0.2) is 22.2 Å². The largest absolute Gasteiger partial charge is 0.367 e. The molecule has 142 valence electrons. The van der Waals surface area contributed by atoms with E-state index in [1.165, 1.54) is 11.3 Å². The fraction of sp³-hybridized carbons (Fsp3) is 0.304. The molecule has 5 rings (SSSR count). The highest BCUT2D eigenvalue weighted by atomic mass is 16.2. The first-order valence-corrected chi connectivity index (χ1v) is 9.89. The Morgan fingerprint density at radius 3 is 2.86 bits per heavy atom. The molecule has 28 heavy (non-hydrogen) atoms. The molecule has 2 atom stereocenters. The number of benzene rings is 2. The minimum absolute atomic E-state index is 0.0461. The normalized spacial score (nSPS) is 20.1. The van der Waals surface area contributed by atoms with Crippen LogP contribution in [0.5, 0.6) is 0 Å². The average molecular weight is 372 g/mol. The van der Waals surface area contributed by atoms with Crippen LogP contribution in [0.15, 0.2) is 60.9 Å². The molecule has 0 spiro atoms. The van der Waals surface area contributed by atoms with E-state index in [1.54, 1.807) is 4.68 Å². The summed E-state index contributed by atoms with van der Waals surface area (Å²) < 4.78 is 1.80. The third kappa shape index (κ3) is 3.17. The van der Waals surface area contributed by atoms with Gasteiger partial charge >= 0.3 is 0 Å². The highest BCUT2D eigenvalue weighted by Gasteiger charge is 2.44. The van der Waals surface area contributed by atoms with Gasteiger partial charge in [-0.1, -0.05) is 36.4 Å². The molecule has 1 saturated carbocycles. The van der Waals surface area contributed by atoms with E-state index in [4.69, 9.17) is 0 Å².